The van der Waals surface area contributed by atoms with E-state index >= 15 is 0 Å². The van der Waals surface area contributed by atoms with Gasteiger partial charge in [0, 0.05) is 13.1 Å². The monoisotopic (exact) mass is 264 g/mol. The molecule has 2 unspecified atom stereocenters. The zero-order valence-corrected chi connectivity index (χ0v) is 11.7. The van der Waals surface area contributed by atoms with Gasteiger partial charge in [-0.2, -0.15) is 0 Å². The van der Waals surface area contributed by atoms with Crippen LogP contribution in [0.25, 0.3) is 0 Å². The van der Waals surface area contributed by atoms with Gasteiger partial charge in [0.15, 0.2) is 11.4 Å². The van der Waals surface area contributed by atoms with Crippen LogP contribution in [0.2, 0.25) is 0 Å². The molecule has 0 amide bonds. The fraction of sp³-hybridized carbons (Fsp3) is 0.714. The number of hydrogen-bond donors (Lipinski definition) is 0. The molecular weight excluding hydrogens is 244 g/mol. The van der Waals surface area contributed by atoms with Gasteiger partial charge in [-0.25, -0.2) is 4.98 Å². The maximum Gasteiger partial charge on any atom is 0.186 e. The van der Waals surface area contributed by atoms with E-state index in [-0.39, 0.29) is 0 Å². The number of rotatable bonds is 4. The van der Waals surface area contributed by atoms with E-state index < -0.39 is 0 Å². The van der Waals surface area contributed by atoms with Gasteiger partial charge in [0.1, 0.15) is 0 Å². The standard InChI is InChI=1S/C14H20N2OS/c1-2-4-12-13(9-17)18-14(15-12)16-7-10-5-3-6-11(10)8-16/h9-11H,2-8H2,1H3. The number of aldehydes is 1. The smallest absolute Gasteiger partial charge is 0.186 e. The molecule has 3 rings (SSSR count). The molecule has 2 aliphatic rings. The van der Waals surface area contributed by atoms with E-state index in [0.717, 1.165) is 59.8 Å². The van der Waals surface area contributed by atoms with E-state index in [4.69, 9.17) is 4.98 Å². The van der Waals surface area contributed by atoms with Crippen LogP contribution >= 0.6 is 11.3 Å². The lowest BCUT2D eigenvalue weighted by Crippen LogP contribution is -2.20. The number of hydrogen-bond acceptors (Lipinski definition) is 4. The van der Waals surface area contributed by atoms with E-state index in [2.05, 4.69) is 11.8 Å². The highest BCUT2D eigenvalue weighted by molar-refractivity contribution is 7.17. The lowest BCUT2D eigenvalue weighted by molar-refractivity contribution is 0.112. The lowest BCUT2D eigenvalue weighted by Gasteiger charge is -2.15. The summed E-state index contributed by atoms with van der Waals surface area (Å²) in [6, 6.07) is 0. The minimum atomic E-state index is 0.837. The van der Waals surface area contributed by atoms with Crippen molar-refractivity contribution in [2.75, 3.05) is 18.0 Å². The zero-order chi connectivity index (χ0) is 12.5. The Labute approximate surface area is 112 Å². The van der Waals surface area contributed by atoms with Gasteiger partial charge in [0.2, 0.25) is 0 Å². The van der Waals surface area contributed by atoms with Crippen molar-refractivity contribution < 1.29 is 4.79 Å². The molecule has 3 nitrogen and oxygen atoms in total. The van der Waals surface area contributed by atoms with E-state index in [1.807, 2.05) is 0 Å². The van der Waals surface area contributed by atoms with Crippen LogP contribution in [-0.4, -0.2) is 24.4 Å². The number of carbonyl (C=O) groups is 1. The quantitative estimate of drug-likeness (QED) is 0.783. The first-order valence-corrected chi connectivity index (χ1v) is 7.83. The molecule has 1 saturated heterocycles. The second-order valence-corrected chi connectivity index (χ2v) is 6.54. The Kier molecular flexibility index (Phi) is 3.37. The molecule has 1 saturated carbocycles. The van der Waals surface area contributed by atoms with Gasteiger partial charge in [-0.15, -0.1) is 0 Å². The molecule has 1 aromatic rings. The van der Waals surface area contributed by atoms with Gasteiger partial charge in [-0.3, -0.25) is 4.79 Å². The largest absolute Gasteiger partial charge is 0.347 e. The number of nitrogens with zero attached hydrogens (tertiary/aromatic N) is 2. The molecule has 2 atom stereocenters. The SMILES string of the molecule is CCCc1nc(N2CC3CCCC3C2)sc1C=O. The van der Waals surface area contributed by atoms with Gasteiger partial charge in [-0.1, -0.05) is 31.1 Å². The fourth-order valence-corrected chi connectivity index (χ4v) is 4.33. The second-order valence-electron chi connectivity index (χ2n) is 5.53. The Morgan fingerprint density at radius 3 is 2.72 bits per heavy atom. The Morgan fingerprint density at radius 2 is 2.11 bits per heavy atom. The van der Waals surface area contributed by atoms with Crippen LogP contribution in [0.15, 0.2) is 0 Å². The maximum atomic E-state index is 11.1. The van der Waals surface area contributed by atoms with Crippen molar-refractivity contribution in [3.63, 3.8) is 0 Å². The topological polar surface area (TPSA) is 33.2 Å². The Balaban J connectivity index is 1.78. The minimum absolute atomic E-state index is 0.837. The summed E-state index contributed by atoms with van der Waals surface area (Å²) in [5.74, 6) is 1.76. The maximum absolute atomic E-state index is 11.1. The van der Waals surface area contributed by atoms with Crippen molar-refractivity contribution in [3.05, 3.63) is 10.6 Å². The molecule has 18 heavy (non-hydrogen) atoms. The number of fused-ring (bicyclic) bond motifs is 1. The number of aromatic nitrogens is 1. The van der Waals surface area contributed by atoms with Crippen LogP contribution in [0.4, 0.5) is 5.13 Å². The third-order valence-corrected chi connectivity index (χ3v) is 5.39. The molecule has 0 N–H and O–H groups in total. The van der Waals surface area contributed by atoms with E-state index in [9.17, 15) is 4.79 Å². The van der Waals surface area contributed by atoms with Crippen LogP contribution in [-0.2, 0) is 6.42 Å². The summed E-state index contributed by atoms with van der Waals surface area (Å²) in [5.41, 5.74) is 1.00. The Morgan fingerprint density at radius 1 is 1.39 bits per heavy atom. The van der Waals surface area contributed by atoms with Gasteiger partial charge in [0.05, 0.1) is 10.6 Å². The molecule has 1 aromatic heterocycles. The van der Waals surface area contributed by atoms with Crippen molar-refractivity contribution in [2.24, 2.45) is 11.8 Å². The van der Waals surface area contributed by atoms with Gasteiger partial charge >= 0.3 is 0 Å². The summed E-state index contributed by atoms with van der Waals surface area (Å²) >= 11 is 1.58. The lowest BCUT2D eigenvalue weighted by atomic mass is 10.0. The molecule has 0 bridgehead atoms. The normalized spacial score (nSPS) is 26.6. The van der Waals surface area contributed by atoms with Gasteiger partial charge in [0.25, 0.3) is 0 Å². The van der Waals surface area contributed by atoms with Crippen molar-refractivity contribution in [3.8, 4) is 0 Å². The van der Waals surface area contributed by atoms with Crippen LogP contribution in [0.5, 0.6) is 0 Å². The molecule has 1 aliphatic heterocycles. The van der Waals surface area contributed by atoms with Crippen molar-refractivity contribution in [1.29, 1.82) is 0 Å². The van der Waals surface area contributed by atoms with Crippen molar-refractivity contribution in [1.82, 2.24) is 4.98 Å². The van der Waals surface area contributed by atoms with Crippen molar-refractivity contribution in [2.45, 2.75) is 39.0 Å². The molecule has 0 spiro atoms. The number of aryl methyl sites for hydroxylation is 1. The average Bonchev–Trinajstić information content (AvgIpc) is 3.00. The number of thiazole rings is 1. The molecule has 98 valence electrons. The Bertz CT molecular complexity index is 431. The third-order valence-electron chi connectivity index (χ3n) is 4.31. The summed E-state index contributed by atoms with van der Waals surface area (Å²) in [4.78, 5) is 19.0. The zero-order valence-electron chi connectivity index (χ0n) is 10.9. The summed E-state index contributed by atoms with van der Waals surface area (Å²) < 4.78 is 0. The van der Waals surface area contributed by atoms with Crippen LogP contribution in [0, 0.1) is 11.8 Å². The highest BCUT2D eigenvalue weighted by atomic mass is 32.1. The molecule has 4 heteroatoms. The van der Waals surface area contributed by atoms with Crippen LogP contribution < -0.4 is 4.90 Å². The first kappa shape index (κ1) is 12.2. The fourth-order valence-electron chi connectivity index (χ4n) is 3.39. The molecular formula is C14H20N2OS. The Hall–Kier alpha value is -0.900. The molecule has 2 heterocycles. The highest BCUT2D eigenvalue weighted by Gasteiger charge is 2.37. The minimum Gasteiger partial charge on any atom is -0.347 e. The average molecular weight is 264 g/mol. The third kappa shape index (κ3) is 2.07. The number of anilines is 1. The summed E-state index contributed by atoms with van der Waals surface area (Å²) in [6.45, 7) is 4.44. The van der Waals surface area contributed by atoms with Gasteiger partial charge in [-0.05, 0) is 31.1 Å². The first-order chi connectivity index (χ1) is 8.81. The predicted octanol–water partition coefficient (Wildman–Crippen LogP) is 3.14. The first-order valence-electron chi connectivity index (χ1n) is 7.01. The van der Waals surface area contributed by atoms with Crippen molar-refractivity contribution >= 4 is 22.8 Å². The van der Waals surface area contributed by atoms with E-state index in [1.54, 1.807) is 11.3 Å². The van der Waals surface area contributed by atoms with Crippen LogP contribution in [0.1, 0.15) is 48.0 Å². The van der Waals surface area contributed by atoms with E-state index in [1.165, 1.54) is 19.3 Å². The molecule has 2 fully saturated rings. The highest BCUT2D eigenvalue weighted by Crippen LogP contribution is 2.40. The molecule has 0 radical (unpaired) electrons. The number of carbonyl (C=O) groups excluding carboxylic acids is 1. The molecule has 0 aromatic carbocycles. The summed E-state index contributed by atoms with van der Waals surface area (Å²) in [7, 11) is 0. The second kappa shape index (κ2) is 5.00. The molecule has 1 aliphatic carbocycles. The van der Waals surface area contributed by atoms with E-state index in [0.29, 0.717) is 0 Å². The predicted molar refractivity (Wildman–Crippen MR) is 74.5 cm³/mol. The summed E-state index contributed by atoms with van der Waals surface area (Å²) in [6.07, 6.45) is 7.12. The van der Waals surface area contributed by atoms with Gasteiger partial charge < -0.3 is 4.90 Å². The van der Waals surface area contributed by atoms with Crippen LogP contribution in [0.3, 0.4) is 0 Å². The summed E-state index contributed by atoms with van der Waals surface area (Å²) in [5, 5.41) is 1.08.